The highest BCUT2D eigenvalue weighted by Gasteiger charge is 2.15. The smallest absolute Gasteiger partial charge is 0.151 e. The molecular formula is C20H16N4OS. The van der Waals surface area contributed by atoms with Crippen molar-refractivity contribution >= 4 is 33.4 Å². The second kappa shape index (κ2) is 6.09. The van der Waals surface area contributed by atoms with Crippen LogP contribution >= 0.6 is 11.3 Å². The topological polar surface area (TPSA) is 66.7 Å². The number of imidazole rings is 2. The summed E-state index contributed by atoms with van der Waals surface area (Å²) in [5.74, 6) is 1.75. The van der Waals surface area contributed by atoms with Gasteiger partial charge >= 0.3 is 0 Å². The second-order valence-electron chi connectivity index (χ2n) is 6.07. The molecule has 3 aromatic heterocycles. The third-order valence-corrected chi connectivity index (χ3v) is 5.52. The molecule has 0 atom stereocenters. The summed E-state index contributed by atoms with van der Waals surface area (Å²) in [6, 6.07) is 20.2. The number of H-pyrrole nitrogens is 1. The van der Waals surface area contributed by atoms with Crippen LogP contribution in [0.25, 0.3) is 43.5 Å². The molecule has 0 unspecified atom stereocenters. The van der Waals surface area contributed by atoms with Gasteiger partial charge in [0.2, 0.25) is 0 Å². The molecule has 128 valence electrons. The molecule has 5 rings (SSSR count). The quantitative estimate of drug-likeness (QED) is 0.502. The minimum atomic E-state index is 0.0785. The maximum absolute atomic E-state index is 9.47. The molecule has 0 fully saturated rings. The Hall–Kier alpha value is -2.96. The van der Waals surface area contributed by atoms with E-state index in [-0.39, 0.29) is 6.61 Å². The van der Waals surface area contributed by atoms with E-state index in [1.165, 1.54) is 0 Å². The molecule has 26 heavy (non-hydrogen) atoms. The van der Waals surface area contributed by atoms with Crippen molar-refractivity contribution in [1.82, 2.24) is 19.5 Å². The second-order valence-corrected chi connectivity index (χ2v) is 7.15. The van der Waals surface area contributed by atoms with Crippen LogP contribution in [0.4, 0.5) is 0 Å². The number of nitrogens with one attached hydrogen (secondary N) is 1. The van der Waals surface area contributed by atoms with Crippen molar-refractivity contribution in [1.29, 1.82) is 0 Å². The van der Waals surface area contributed by atoms with E-state index in [0.29, 0.717) is 6.54 Å². The molecule has 2 aromatic carbocycles. The van der Waals surface area contributed by atoms with E-state index in [2.05, 4.69) is 26.7 Å². The zero-order valence-electron chi connectivity index (χ0n) is 13.9. The fourth-order valence-corrected chi connectivity index (χ4v) is 4.19. The molecule has 0 saturated carbocycles. The monoisotopic (exact) mass is 360 g/mol. The van der Waals surface area contributed by atoms with Gasteiger partial charge in [0.25, 0.3) is 0 Å². The van der Waals surface area contributed by atoms with Crippen molar-refractivity contribution in [2.75, 3.05) is 6.61 Å². The highest BCUT2D eigenvalue weighted by atomic mass is 32.1. The van der Waals surface area contributed by atoms with Gasteiger partial charge in [-0.15, -0.1) is 11.3 Å². The summed E-state index contributed by atoms with van der Waals surface area (Å²) in [7, 11) is 0. The first-order chi connectivity index (χ1) is 12.8. The van der Waals surface area contributed by atoms with Crippen LogP contribution in [-0.4, -0.2) is 31.2 Å². The van der Waals surface area contributed by atoms with Crippen molar-refractivity contribution in [2.45, 2.75) is 6.54 Å². The van der Waals surface area contributed by atoms with E-state index in [9.17, 15) is 5.11 Å². The maximum Gasteiger partial charge on any atom is 0.151 e. The number of aromatic amines is 1. The Kier molecular flexibility index (Phi) is 3.58. The third-order valence-electron chi connectivity index (χ3n) is 4.43. The Morgan fingerprint density at radius 1 is 0.885 bits per heavy atom. The number of aliphatic hydroxyl groups is 1. The Morgan fingerprint density at radius 3 is 2.50 bits per heavy atom. The van der Waals surface area contributed by atoms with Gasteiger partial charge in [-0.3, -0.25) is 0 Å². The SMILES string of the molecule is OCCn1c(-c2ccc(-c3nc4ccccc4[nH]3)s2)nc2ccccc21. The Morgan fingerprint density at radius 2 is 1.65 bits per heavy atom. The number of hydrogen-bond acceptors (Lipinski definition) is 4. The van der Waals surface area contributed by atoms with Crippen LogP contribution in [0, 0.1) is 0 Å². The Labute approximate surface area is 153 Å². The molecule has 0 aliphatic heterocycles. The van der Waals surface area contributed by atoms with Gasteiger partial charge in [-0.25, -0.2) is 9.97 Å². The lowest BCUT2D eigenvalue weighted by Crippen LogP contribution is -2.03. The highest BCUT2D eigenvalue weighted by Crippen LogP contribution is 2.35. The maximum atomic E-state index is 9.47. The highest BCUT2D eigenvalue weighted by molar-refractivity contribution is 7.18. The fourth-order valence-electron chi connectivity index (χ4n) is 3.24. The molecule has 2 N–H and O–H groups in total. The third kappa shape index (κ3) is 2.42. The summed E-state index contributed by atoms with van der Waals surface area (Å²) in [5, 5.41) is 9.47. The summed E-state index contributed by atoms with van der Waals surface area (Å²) in [5.41, 5.74) is 3.97. The molecule has 5 aromatic rings. The van der Waals surface area contributed by atoms with Crippen LogP contribution in [0.2, 0.25) is 0 Å². The molecule has 0 aliphatic carbocycles. The standard InChI is InChI=1S/C20H16N4OS/c25-12-11-24-16-8-4-3-7-15(16)23-20(24)18-10-9-17(26-18)19-21-13-5-1-2-6-14(13)22-19/h1-10,25H,11-12H2,(H,21,22). The molecule has 0 saturated heterocycles. The minimum Gasteiger partial charge on any atom is -0.395 e. The lowest BCUT2D eigenvalue weighted by molar-refractivity contribution is 0.278. The summed E-state index contributed by atoms with van der Waals surface area (Å²) in [4.78, 5) is 15.0. The first-order valence-electron chi connectivity index (χ1n) is 8.45. The van der Waals surface area contributed by atoms with E-state index in [1.54, 1.807) is 11.3 Å². The van der Waals surface area contributed by atoms with Crippen molar-refractivity contribution in [3.8, 4) is 21.4 Å². The number of hydrogen-bond donors (Lipinski definition) is 2. The molecule has 0 bridgehead atoms. The zero-order chi connectivity index (χ0) is 17.5. The average Bonchev–Trinajstić information content (AvgIpc) is 3.38. The summed E-state index contributed by atoms with van der Waals surface area (Å²) in [6.45, 7) is 0.600. The number of nitrogens with zero attached hydrogens (tertiary/aromatic N) is 3. The van der Waals surface area contributed by atoms with Gasteiger partial charge in [-0.2, -0.15) is 0 Å². The number of thiophene rings is 1. The van der Waals surface area contributed by atoms with Gasteiger partial charge in [0.1, 0.15) is 5.82 Å². The molecule has 0 aliphatic rings. The predicted octanol–water partition coefficient (Wildman–Crippen LogP) is 4.30. The molecule has 0 spiro atoms. The van der Waals surface area contributed by atoms with Gasteiger partial charge < -0.3 is 14.7 Å². The Bertz CT molecular complexity index is 1180. The normalized spacial score (nSPS) is 11.6. The van der Waals surface area contributed by atoms with Crippen LogP contribution in [0.3, 0.4) is 0 Å². The van der Waals surface area contributed by atoms with Gasteiger partial charge in [0, 0.05) is 6.54 Å². The summed E-state index contributed by atoms with van der Waals surface area (Å²) < 4.78 is 2.07. The van der Waals surface area contributed by atoms with Gasteiger partial charge in [0.05, 0.1) is 38.4 Å². The number of rotatable bonds is 4. The Balaban J connectivity index is 1.62. The molecule has 5 nitrogen and oxygen atoms in total. The van der Waals surface area contributed by atoms with Crippen molar-refractivity contribution < 1.29 is 5.11 Å². The summed E-state index contributed by atoms with van der Waals surface area (Å²) >= 11 is 1.65. The number of aliphatic hydroxyl groups excluding tert-OH is 1. The van der Waals surface area contributed by atoms with Crippen LogP contribution < -0.4 is 0 Å². The molecule has 0 amide bonds. The van der Waals surface area contributed by atoms with E-state index < -0.39 is 0 Å². The average molecular weight is 360 g/mol. The van der Waals surface area contributed by atoms with Crippen LogP contribution in [0.15, 0.2) is 60.7 Å². The largest absolute Gasteiger partial charge is 0.395 e. The summed E-state index contributed by atoms with van der Waals surface area (Å²) in [6.07, 6.45) is 0. The first-order valence-corrected chi connectivity index (χ1v) is 9.26. The number of para-hydroxylation sites is 4. The van der Waals surface area contributed by atoms with E-state index in [1.807, 2.05) is 48.5 Å². The zero-order valence-corrected chi connectivity index (χ0v) is 14.7. The lowest BCUT2D eigenvalue weighted by atomic mass is 10.3. The molecule has 0 radical (unpaired) electrons. The predicted molar refractivity (Wildman–Crippen MR) is 105 cm³/mol. The molecular weight excluding hydrogens is 344 g/mol. The van der Waals surface area contributed by atoms with Crippen molar-refractivity contribution in [3.05, 3.63) is 60.7 Å². The van der Waals surface area contributed by atoms with E-state index in [4.69, 9.17) is 4.98 Å². The van der Waals surface area contributed by atoms with Gasteiger partial charge in [0.15, 0.2) is 5.82 Å². The first kappa shape index (κ1) is 15.3. The van der Waals surface area contributed by atoms with Gasteiger partial charge in [-0.1, -0.05) is 24.3 Å². The number of aromatic nitrogens is 4. The van der Waals surface area contributed by atoms with Crippen LogP contribution in [-0.2, 0) is 6.54 Å². The number of benzene rings is 2. The molecule has 6 heteroatoms. The van der Waals surface area contributed by atoms with Crippen LogP contribution in [0.1, 0.15) is 0 Å². The molecule has 3 heterocycles. The van der Waals surface area contributed by atoms with Crippen molar-refractivity contribution in [2.24, 2.45) is 0 Å². The lowest BCUT2D eigenvalue weighted by Gasteiger charge is -2.05. The van der Waals surface area contributed by atoms with Crippen LogP contribution in [0.5, 0.6) is 0 Å². The number of fused-ring (bicyclic) bond motifs is 2. The van der Waals surface area contributed by atoms with E-state index >= 15 is 0 Å². The van der Waals surface area contributed by atoms with Crippen molar-refractivity contribution in [3.63, 3.8) is 0 Å². The minimum absolute atomic E-state index is 0.0785. The van der Waals surface area contributed by atoms with E-state index in [0.717, 1.165) is 43.5 Å². The van der Waals surface area contributed by atoms with Gasteiger partial charge in [-0.05, 0) is 36.4 Å². The fraction of sp³-hybridized carbons (Fsp3) is 0.100.